The topological polar surface area (TPSA) is 66.4 Å². The van der Waals surface area contributed by atoms with E-state index in [0.717, 1.165) is 11.3 Å². The molecule has 19 heavy (non-hydrogen) atoms. The average Bonchev–Trinajstić information content (AvgIpc) is 2.36. The monoisotopic (exact) mass is 281 g/mol. The molecule has 0 saturated heterocycles. The maximum Gasteiger partial charge on any atom is 0.310 e. The predicted molar refractivity (Wildman–Crippen MR) is 77.4 cm³/mol. The van der Waals surface area contributed by atoms with Gasteiger partial charge in [0.25, 0.3) is 5.91 Å². The van der Waals surface area contributed by atoms with Crippen LogP contribution in [-0.4, -0.2) is 29.8 Å². The van der Waals surface area contributed by atoms with E-state index in [9.17, 15) is 9.59 Å². The number of carbonyl (C=O) groups excluding carboxylic acids is 1. The summed E-state index contributed by atoms with van der Waals surface area (Å²) < 4.78 is 0. The lowest BCUT2D eigenvalue weighted by molar-refractivity contribution is -0.146. The van der Waals surface area contributed by atoms with E-state index >= 15 is 0 Å². The first-order valence-corrected chi connectivity index (χ1v) is 7.35. The number of thioether (sulfide) groups is 1. The molecule has 1 aromatic carbocycles. The molecule has 1 amide bonds. The van der Waals surface area contributed by atoms with Gasteiger partial charge in [-0.25, -0.2) is 0 Å². The lowest BCUT2D eigenvalue weighted by Crippen LogP contribution is -2.38. The van der Waals surface area contributed by atoms with Gasteiger partial charge in [-0.2, -0.15) is 11.8 Å². The largest absolute Gasteiger partial charge is 0.481 e. The SMILES string of the molecule is CSCc1cccc(C(=O)NCC(C)(C)C(=O)O)c1. The van der Waals surface area contributed by atoms with Gasteiger partial charge in [-0.15, -0.1) is 0 Å². The van der Waals surface area contributed by atoms with Crippen LogP contribution in [0.15, 0.2) is 24.3 Å². The molecule has 0 bridgehead atoms. The lowest BCUT2D eigenvalue weighted by Gasteiger charge is -2.19. The maximum absolute atomic E-state index is 12.0. The number of hydrogen-bond donors (Lipinski definition) is 2. The second kappa shape index (κ2) is 6.61. The van der Waals surface area contributed by atoms with Crippen molar-refractivity contribution < 1.29 is 14.7 Å². The zero-order valence-corrected chi connectivity index (χ0v) is 12.2. The van der Waals surface area contributed by atoms with Crippen LogP contribution in [0.5, 0.6) is 0 Å². The van der Waals surface area contributed by atoms with E-state index in [4.69, 9.17) is 5.11 Å². The van der Waals surface area contributed by atoms with Crippen LogP contribution >= 0.6 is 11.8 Å². The Morgan fingerprint density at radius 3 is 2.63 bits per heavy atom. The molecule has 0 radical (unpaired) electrons. The summed E-state index contributed by atoms with van der Waals surface area (Å²) in [5, 5.41) is 11.6. The molecule has 0 aliphatic carbocycles. The van der Waals surface area contributed by atoms with Gasteiger partial charge in [0.2, 0.25) is 0 Å². The van der Waals surface area contributed by atoms with Crippen LogP contribution < -0.4 is 5.32 Å². The average molecular weight is 281 g/mol. The Kier molecular flexibility index (Phi) is 5.42. The molecule has 1 rings (SSSR count). The van der Waals surface area contributed by atoms with Gasteiger partial charge >= 0.3 is 5.97 Å². The molecule has 104 valence electrons. The first-order valence-electron chi connectivity index (χ1n) is 5.96. The van der Waals surface area contributed by atoms with Crippen LogP contribution in [0.25, 0.3) is 0 Å². The Morgan fingerprint density at radius 2 is 2.05 bits per heavy atom. The molecule has 0 heterocycles. The van der Waals surface area contributed by atoms with Gasteiger partial charge in [0.15, 0.2) is 0 Å². The van der Waals surface area contributed by atoms with E-state index in [2.05, 4.69) is 5.32 Å². The normalized spacial score (nSPS) is 11.1. The number of carboxylic acids is 1. The quantitative estimate of drug-likeness (QED) is 0.840. The summed E-state index contributed by atoms with van der Waals surface area (Å²) in [6.07, 6.45) is 2.00. The van der Waals surface area contributed by atoms with E-state index < -0.39 is 11.4 Å². The van der Waals surface area contributed by atoms with Gasteiger partial charge in [-0.1, -0.05) is 12.1 Å². The fraction of sp³-hybridized carbons (Fsp3) is 0.429. The predicted octanol–water partition coefficient (Wildman–Crippen LogP) is 2.39. The van der Waals surface area contributed by atoms with Crippen LogP contribution in [0.4, 0.5) is 0 Å². The van der Waals surface area contributed by atoms with E-state index in [-0.39, 0.29) is 12.5 Å². The van der Waals surface area contributed by atoms with Crippen molar-refractivity contribution >= 4 is 23.6 Å². The molecule has 0 spiro atoms. The van der Waals surface area contributed by atoms with E-state index in [0.29, 0.717) is 5.56 Å². The number of carboxylic acid groups (broad SMARTS) is 1. The summed E-state index contributed by atoms with van der Waals surface area (Å²) in [6.45, 7) is 3.27. The minimum absolute atomic E-state index is 0.105. The first kappa shape index (κ1) is 15.6. The Bertz CT molecular complexity index is 472. The summed E-state index contributed by atoms with van der Waals surface area (Å²) >= 11 is 1.69. The third-order valence-electron chi connectivity index (χ3n) is 2.77. The van der Waals surface area contributed by atoms with Crippen LogP contribution in [0.3, 0.4) is 0 Å². The number of aliphatic carboxylic acids is 1. The highest BCUT2D eigenvalue weighted by Crippen LogP contribution is 2.14. The van der Waals surface area contributed by atoms with Crippen molar-refractivity contribution in [3.05, 3.63) is 35.4 Å². The van der Waals surface area contributed by atoms with Crippen molar-refractivity contribution in [2.24, 2.45) is 5.41 Å². The third kappa shape index (κ3) is 4.59. The van der Waals surface area contributed by atoms with Gasteiger partial charge in [0.1, 0.15) is 0 Å². The standard InChI is InChI=1S/C14H19NO3S/c1-14(2,13(17)18)9-15-12(16)11-6-4-5-10(7-11)8-19-3/h4-7H,8-9H2,1-3H3,(H,15,16)(H,17,18). The van der Waals surface area contributed by atoms with E-state index in [1.165, 1.54) is 0 Å². The van der Waals surface area contributed by atoms with Crippen molar-refractivity contribution in [1.82, 2.24) is 5.32 Å². The Hall–Kier alpha value is -1.49. The molecule has 0 aliphatic heterocycles. The minimum Gasteiger partial charge on any atom is -0.481 e. The number of benzene rings is 1. The summed E-state index contributed by atoms with van der Waals surface area (Å²) in [6, 6.07) is 7.36. The van der Waals surface area contributed by atoms with Gasteiger partial charge in [0.05, 0.1) is 5.41 Å². The number of hydrogen-bond acceptors (Lipinski definition) is 3. The number of nitrogens with one attached hydrogen (secondary N) is 1. The lowest BCUT2D eigenvalue weighted by atomic mass is 9.94. The summed E-state index contributed by atoms with van der Waals surface area (Å²) in [4.78, 5) is 22.9. The third-order valence-corrected chi connectivity index (χ3v) is 3.39. The smallest absolute Gasteiger partial charge is 0.310 e. The molecule has 0 saturated carbocycles. The highest BCUT2D eigenvalue weighted by Gasteiger charge is 2.27. The fourth-order valence-electron chi connectivity index (χ4n) is 1.45. The van der Waals surface area contributed by atoms with Crippen LogP contribution in [0.1, 0.15) is 29.8 Å². The first-order chi connectivity index (χ1) is 8.86. The van der Waals surface area contributed by atoms with E-state index in [1.54, 1.807) is 31.7 Å². The van der Waals surface area contributed by atoms with Crippen LogP contribution in [0.2, 0.25) is 0 Å². The van der Waals surface area contributed by atoms with Gasteiger partial charge in [-0.05, 0) is 37.8 Å². The summed E-state index contributed by atoms with van der Waals surface area (Å²) in [7, 11) is 0. The van der Waals surface area contributed by atoms with Crippen LogP contribution in [-0.2, 0) is 10.5 Å². The molecular weight excluding hydrogens is 262 g/mol. The number of carbonyl (C=O) groups is 2. The van der Waals surface area contributed by atoms with E-state index in [1.807, 2.05) is 24.5 Å². The zero-order chi connectivity index (χ0) is 14.5. The Morgan fingerprint density at radius 1 is 1.37 bits per heavy atom. The van der Waals surface area contributed by atoms with Gasteiger partial charge in [0, 0.05) is 17.9 Å². The number of rotatable bonds is 6. The highest BCUT2D eigenvalue weighted by molar-refractivity contribution is 7.97. The molecule has 1 aromatic rings. The van der Waals surface area contributed by atoms with Crippen molar-refractivity contribution in [1.29, 1.82) is 0 Å². The summed E-state index contributed by atoms with van der Waals surface area (Å²) in [5.74, 6) is -0.317. The molecule has 0 unspecified atom stereocenters. The van der Waals surface area contributed by atoms with Crippen LogP contribution in [0, 0.1) is 5.41 Å². The second-order valence-corrected chi connectivity index (χ2v) is 5.87. The zero-order valence-electron chi connectivity index (χ0n) is 11.4. The van der Waals surface area contributed by atoms with Gasteiger partial charge < -0.3 is 10.4 Å². The molecule has 0 aromatic heterocycles. The highest BCUT2D eigenvalue weighted by atomic mass is 32.2. The molecule has 4 nitrogen and oxygen atoms in total. The summed E-state index contributed by atoms with van der Waals surface area (Å²) in [5.41, 5.74) is 0.678. The minimum atomic E-state index is -0.966. The fourth-order valence-corrected chi connectivity index (χ4v) is 1.96. The van der Waals surface area contributed by atoms with Crippen molar-refractivity contribution in [3.8, 4) is 0 Å². The maximum atomic E-state index is 12.0. The molecule has 0 atom stereocenters. The Labute approximate surface area is 117 Å². The molecule has 2 N–H and O–H groups in total. The van der Waals surface area contributed by atoms with Crippen molar-refractivity contribution in [3.63, 3.8) is 0 Å². The Balaban J connectivity index is 2.68. The van der Waals surface area contributed by atoms with Gasteiger partial charge in [-0.3, -0.25) is 9.59 Å². The molecular formula is C14H19NO3S. The molecule has 5 heteroatoms. The number of amides is 1. The molecule has 0 aliphatic rings. The molecule has 0 fully saturated rings. The van der Waals surface area contributed by atoms with Crippen molar-refractivity contribution in [2.75, 3.05) is 12.8 Å². The second-order valence-electron chi connectivity index (χ2n) is 5.01. The van der Waals surface area contributed by atoms with Crippen molar-refractivity contribution in [2.45, 2.75) is 19.6 Å².